The fourth-order valence-electron chi connectivity index (χ4n) is 5.57. The molecule has 0 spiro atoms. The molecule has 0 unspecified atom stereocenters. The van der Waals surface area contributed by atoms with Crippen molar-refractivity contribution >= 4 is 35.1 Å². The van der Waals surface area contributed by atoms with Crippen LogP contribution in [0.15, 0.2) is 48.5 Å². The van der Waals surface area contributed by atoms with Gasteiger partial charge in [0.05, 0.1) is 37.6 Å². The number of carbonyl (C=O) groups is 2. The molecule has 5 rings (SSSR count). The van der Waals surface area contributed by atoms with Crippen molar-refractivity contribution in [3.05, 3.63) is 75.5 Å². The third-order valence-electron chi connectivity index (χ3n) is 7.47. The summed E-state index contributed by atoms with van der Waals surface area (Å²) >= 11 is 13.2. The van der Waals surface area contributed by atoms with Crippen LogP contribution in [0.2, 0.25) is 10.2 Å². The average molecular weight is 573 g/mol. The summed E-state index contributed by atoms with van der Waals surface area (Å²) in [6, 6.07) is 14.9. The van der Waals surface area contributed by atoms with Gasteiger partial charge < -0.3 is 28.8 Å². The summed E-state index contributed by atoms with van der Waals surface area (Å²) < 4.78 is 20.0. The highest BCUT2D eigenvalue weighted by Crippen LogP contribution is 2.47. The van der Waals surface area contributed by atoms with E-state index in [1.54, 1.807) is 25.2 Å². The Labute approximate surface area is 237 Å². The van der Waals surface area contributed by atoms with Crippen molar-refractivity contribution in [2.75, 3.05) is 27.3 Å². The van der Waals surface area contributed by atoms with Crippen LogP contribution in [0.1, 0.15) is 54.7 Å². The number of carboxylic acids is 1. The number of rotatable bonds is 7. The standard InChI is InChI=1S/C29H30Cl2N2O6/c1-37-24-7-3-6-19(28(24)38-2)27-20-15-18(30)8-9-21(20)33-22(10-12-25(33)31)23(39-27)11-13-26(34)32-14-4-5-17(16-32)29(35)36/h3,6-10,12,15,17,23,27H,4-5,11,13-14,16H2,1-2H3,(H,35,36)/t17-,23+,27+/m0/s1. The van der Waals surface area contributed by atoms with E-state index in [4.69, 9.17) is 37.4 Å². The number of aromatic nitrogens is 1. The fraction of sp³-hybridized carbons (Fsp3) is 0.379. The molecule has 10 heteroatoms. The van der Waals surface area contributed by atoms with Gasteiger partial charge in [-0.15, -0.1) is 0 Å². The number of carbonyl (C=O) groups excluding carboxylic acids is 1. The maximum Gasteiger partial charge on any atom is 0.308 e. The van der Waals surface area contributed by atoms with Gasteiger partial charge in [0.25, 0.3) is 0 Å². The molecule has 2 aliphatic rings. The van der Waals surface area contributed by atoms with Gasteiger partial charge in [-0.05, 0) is 55.7 Å². The van der Waals surface area contributed by atoms with E-state index in [1.165, 1.54) is 0 Å². The largest absolute Gasteiger partial charge is 0.493 e. The van der Waals surface area contributed by atoms with Gasteiger partial charge in [-0.1, -0.05) is 35.3 Å². The Bertz CT molecular complexity index is 1390. The normalized spacial score (nSPS) is 20.5. The molecule has 2 aromatic carbocycles. The average Bonchev–Trinajstić information content (AvgIpc) is 3.26. The molecule has 206 valence electrons. The Hall–Kier alpha value is -3.20. The van der Waals surface area contributed by atoms with Crippen molar-refractivity contribution in [3.8, 4) is 17.2 Å². The second-order valence-electron chi connectivity index (χ2n) is 9.76. The topological polar surface area (TPSA) is 90.2 Å². The number of aliphatic carboxylic acids is 1. The lowest BCUT2D eigenvalue weighted by molar-refractivity contribution is -0.145. The molecule has 1 N–H and O–H groups in total. The van der Waals surface area contributed by atoms with Crippen LogP contribution in [0.25, 0.3) is 5.69 Å². The van der Waals surface area contributed by atoms with Crippen LogP contribution in [0.3, 0.4) is 0 Å². The minimum absolute atomic E-state index is 0.0888. The number of benzene rings is 2. The molecule has 3 aromatic rings. The monoisotopic (exact) mass is 572 g/mol. The molecule has 39 heavy (non-hydrogen) atoms. The molecule has 0 radical (unpaired) electrons. The van der Waals surface area contributed by atoms with Gasteiger partial charge in [0, 0.05) is 35.7 Å². The third kappa shape index (κ3) is 5.33. The SMILES string of the molecule is COc1cccc([C@H]2O[C@H](CCC(=O)N3CCC[C@H](C(=O)O)C3)c3ccc(Cl)n3-c3ccc(Cl)cc32)c1OC. The highest BCUT2D eigenvalue weighted by Gasteiger charge is 2.35. The van der Waals surface area contributed by atoms with E-state index >= 15 is 0 Å². The van der Waals surface area contributed by atoms with Crippen LogP contribution in [0.4, 0.5) is 0 Å². The van der Waals surface area contributed by atoms with Crippen molar-refractivity contribution < 1.29 is 28.9 Å². The first-order valence-corrected chi connectivity index (χ1v) is 13.6. The third-order valence-corrected chi connectivity index (χ3v) is 8.00. The Morgan fingerprint density at radius 1 is 1.08 bits per heavy atom. The van der Waals surface area contributed by atoms with Gasteiger partial charge in [-0.3, -0.25) is 9.59 Å². The van der Waals surface area contributed by atoms with Crippen molar-refractivity contribution in [3.63, 3.8) is 0 Å². The van der Waals surface area contributed by atoms with Crippen LogP contribution in [-0.2, 0) is 14.3 Å². The lowest BCUT2D eigenvalue weighted by Gasteiger charge is -2.31. The van der Waals surface area contributed by atoms with Crippen LogP contribution in [-0.4, -0.2) is 53.8 Å². The molecule has 3 atom stereocenters. The molecular formula is C29H30Cl2N2O6. The Balaban J connectivity index is 1.52. The molecule has 1 fully saturated rings. The number of likely N-dealkylation sites (tertiary alicyclic amines) is 1. The Kier molecular flexibility index (Phi) is 8.07. The predicted octanol–water partition coefficient (Wildman–Crippen LogP) is 6.07. The molecule has 3 heterocycles. The molecule has 0 aliphatic carbocycles. The lowest BCUT2D eigenvalue weighted by atomic mass is 9.97. The van der Waals surface area contributed by atoms with E-state index in [0.29, 0.717) is 47.5 Å². The Morgan fingerprint density at radius 3 is 2.64 bits per heavy atom. The van der Waals surface area contributed by atoms with E-state index in [0.717, 1.165) is 22.5 Å². The van der Waals surface area contributed by atoms with Crippen LogP contribution >= 0.6 is 23.2 Å². The summed E-state index contributed by atoms with van der Waals surface area (Å²) in [6.45, 7) is 0.791. The molecule has 1 amide bonds. The minimum Gasteiger partial charge on any atom is -0.493 e. The maximum absolute atomic E-state index is 13.2. The highest BCUT2D eigenvalue weighted by atomic mass is 35.5. The van der Waals surface area contributed by atoms with E-state index in [9.17, 15) is 14.7 Å². The number of carboxylic acid groups (broad SMARTS) is 1. The second-order valence-corrected chi connectivity index (χ2v) is 10.6. The lowest BCUT2D eigenvalue weighted by Crippen LogP contribution is -2.42. The van der Waals surface area contributed by atoms with Crippen LogP contribution in [0.5, 0.6) is 11.5 Å². The quantitative estimate of drug-likeness (QED) is 0.369. The van der Waals surface area contributed by atoms with Gasteiger partial charge in [-0.2, -0.15) is 0 Å². The molecule has 2 aliphatic heterocycles. The number of hydrogen-bond donors (Lipinski definition) is 1. The predicted molar refractivity (Wildman–Crippen MR) is 147 cm³/mol. The van der Waals surface area contributed by atoms with Gasteiger partial charge in [0.15, 0.2) is 11.5 Å². The second kappa shape index (κ2) is 11.5. The first-order chi connectivity index (χ1) is 18.8. The van der Waals surface area contributed by atoms with Crippen LogP contribution in [0, 0.1) is 5.92 Å². The number of halogens is 2. The molecule has 0 saturated carbocycles. The summed E-state index contributed by atoms with van der Waals surface area (Å²) in [5.41, 5.74) is 3.16. The number of ether oxygens (including phenoxy) is 3. The molecule has 0 bridgehead atoms. The molecule has 1 saturated heterocycles. The fourth-order valence-corrected chi connectivity index (χ4v) is 6.00. The summed E-state index contributed by atoms with van der Waals surface area (Å²) in [5.74, 6) is -0.380. The number of methoxy groups -OCH3 is 2. The highest BCUT2D eigenvalue weighted by molar-refractivity contribution is 6.31. The number of fused-ring (bicyclic) bond motifs is 3. The molecule has 1 aromatic heterocycles. The zero-order valence-corrected chi connectivity index (χ0v) is 23.2. The first-order valence-electron chi connectivity index (χ1n) is 12.9. The molecular weight excluding hydrogens is 543 g/mol. The number of hydrogen-bond acceptors (Lipinski definition) is 5. The number of para-hydroxylation sites is 1. The minimum atomic E-state index is -0.862. The summed E-state index contributed by atoms with van der Waals surface area (Å²) in [4.78, 5) is 26.4. The van der Waals surface area contributed by atoms with Gasteiger partial charge in [-0.25, -0.2) is 0 Å². The zero-order valence-electron chi connectivity index (χ0n) is 21.7. The van der Waals surface area contributed by atoms with E-state index < -0.39 is 24.1 Å². The van der Waals surface area contributed by atoms with Crippen molar-refractivity contribution in [2.24, 2.45) is 5.92 Å². The van der Waals surface area contributed by atoms with Gasteiger partial charge in [0.2, 0.25) is 5.91 Å². The number of piperidine rings is 1. The summed E-state index contributed by atoms with van der Waals surface area (Å²) in [5, 5.41) is 10.5. The number of amides is 1. The van der Waals surface area contributed by atoms with Crippen LogP contribution < -0.4 is 9.47 Å². The van der Waals surface area contributed by atoms with Crippen molar-refractivity contribution in [1.82, 2.24) is 9.47 Å². The zero-order chi connectivity index (χ0) is 27.7. The summed E-state index contributed by atoms with van der Waals surface area (Å²) in [7, 11) is 3.16. The van der Waals surface area contributed by atoms with E-state index in [2.05, 4.69) is 0 Å². The Morgan fingerprint density at radius 2 is 1.90 bits per heavy atom. The van der Waals surface area contributed by atoms with Crippen molar-refractivity contribution in [2.45, 2.75) is 37.9 Å². The van der Waals surface area contributed by atoms with E-state index in [-0.39, 0.29) is 18.9 Å². The smallest absolute Gasteiger partial charge is 0.308 e. The maximum atomic E-state index is 13.2. The van der Waals surface area contributed by atoms with Crippen molar-refractivity contribution in [1.29, 1.82) is 0 Å². The van der Waals surface area contributed by atoms with E-state index in [1.807, 2.05) is 47.0 Å². The first kappa shape index (κ1) is 27.4. The van der Waals surface area contributed by atoms with Gasteiger partial charge >= 0.3 is 5.97 Å². The molecule has 8 nitrogen and oxygen atoms in total. The van der Waals surface area contributed by atoms with Gasteiger partial charge in [0.1, 0.15) is 11.3 Å². The number of nitrogens with zero attached hydrogens (tertiary/aromatic N) is 2. The summed E-state index contributed by atoms with van der Waals surface area (Å²) in [6.07, 6.45) is 0.715.